The van der Waals surface area contributed by atoms with Crippen molar-refractivity contribution < 1.29 is 4.74 Å². The van der Waals surface area contributed by atoms with Crippen LogP contribution in [0.2, 0.25) is 0 Å². The number of ether oxygens (including phenoxy) is 1. The molecule has 9 nitrogen and oxygen atoms in total. The van der Waals surface area contributed by atoms with Crippen molar-refractivity contribution in [2.24, 2.45) is 5.92 Å². The molecule has 4 saturated heterocycles. The molecule has 0 aliphatic carbocycles. The number of hydrogen-bond donors (Lipinski definition) is 0. The van der Waals surface area contributed by atoms with Gasteiger partial charge in [-0.15, -0.1) is 0 Å². The van der Waals surface area contributed by atoms with Gasteiger partial charge in [-0.05, 0) is 42.5 Å². The van der Waals surface area contributed by atoms with Gasteiger partial charge in [-0.2, -0.15) is 10.4 Å². The van der Waals surface area contributed by atoms with Crippen molar-refractivity contribution in [3.8, 4) is 23.1 Å². The fourth-order valence-electron chi connectivity index (χ4n) is 6.45. The summed E-state index contributed by atoms with van der Waals surface area (Å²) in [6.45, 7) is 7.24. The van der Waals surface area contributed by atoms with Gasteiger partial charge in [0.25, 0.3) is 0 Å². The summed E-state index contributed by atoms with van der Waals surface area (Å²) in [6, 6.07) is 13.9. The zero-order valence-electron chi connectivity index (χ0n) is 22.4. The third-order valence-electron chi connectivity index (χ3n) is 8.61. The highest BCUT2D eigenvalue weighted by molar-refractivity contribution is 5.86. The smallest absolute Gasteiger partial charge is 0.212 e. The molecule has 39 heavy (non-hydrogen) atoms. The molecule has 0 radical (unpaired) electrons. The highest BCUT2D eigenvalue weighted by Gasteiger charge is 2.44. The van der Waals surface area contributed by atoms with Crippen molar-refractivity contribution in [1.82, 2.24) is 24.5 Å². The molecule has 9 heteroatoms. The average molecular weight is 521 g/mol. The second-order valence-corrected chi connectivity index (χ2v) is 11.1. The molecule has 8 heterocycles. The SMILES string of the molecule is COc1ccc(CN2C3CC2CN(c2ccc(-c4cc(N5CCC(C)C5)cn5ncc(C#N)c45)cn2)C3)cn1. The van der Waals surface area contributed by atoms with Crippen molar-refractivity contribution in [3.05, 3.63) is 66.2 Å². The minimum absolute atomic E-state index is 0.525. The van der Waals surface area contributed by atoms with Crippen molar-refractivity contribution >= 4 is 17.0 Å². The summed E-state index contributed by atoms with van der Waals surface area (Å²) in [6.07, 6.45) is 10.0. The highest BCUT2D eigenvalue weighted by Crippen LogP contribution is 2.37. The fraction of sp³-hybridized carbons (Fsp3) is 0.400. The molecular formula is C30H32N8O. The van der Waals surface area contributed by atoms with Gasteiger partial charge in [0.15, 0.2) is 0 Å². The molecule has 4 aliphatic heterocycles. The molecule has 198 valence electrons. The molecule has 4 aromatic rings. The maximum atomic E-state index is 9.74. The monoisotopic (exact) mass is 520 g/mol. The van der Waals surface area contributed by atoms with Crippen molar-refractivity contribution in [1.29, 1.82) is 5.26 Å². The Bertz CT molecular complexity index is 1530. The molecule has 3 atom stereocenters. The normalized spacial score (nSPS) is 22.6. The molecule has 8 rings (SSSR count). The maximum absolute atomic E-state index is 9.74. The van der Waals surface area contributed by atoms with Crippen LogP contribution in [0.4, 0.5) is 11.5 Å². The number of piperidine rings is 1. The fourth-order valence-corrected chi connectivity index (χ4v) is 6.45. The first kappa shape index (κ1) is 23.9. The lowest BCUT2D eigenvalue weighted by Gasteiger charge is -2.56. The quantitative estimate of drug-likeness (QED) is 0.377. The van der Waals surface area contributed by atoms with Gasteiger partial charge in [0.2, 0.25) is 5.88 Å². The molecule has 4 fully saturated rings. The molecular weight excluding hydrogens is 488 g/mol. The summed E-state index contributed by atoms with van der Waals surface area (Å²) in [7, 11) is 1.64. The number of anilines is 2. The van der Waals surface area contributed by atoms with Crippen LogP contribution in [-0.2, 0) is 6.54 Å². The van der Waals surface area contributed by atoms with Crippen LogP contribution in [-0.4, -0.2) is 69.9 Å². The Kier molecular flexibility index (Phi) is 5.85. The number of pyridine rings is 3. The Balaban J connectivity index is 1.10. The minimum Gasteiger partial charge on any atom is -0.481 e. The van der Waals surface area contributed by atoms with E-state index in [-0.39, 0.29) is 0 Å². The Labute approximate surface area is 228 Å². The van der Waals surface area contributed by atoms with Crippen molar-refractivity contribution in [2.75, 3.05) is 43.1 Å². The van der Waals surface area contributed by atoms with E-state index < -0.39 is 0 Å². The Hall–Kier alpha value is -4.16. The summed E-state index contributed by atoms with van der Waals surface area (Å²) in [4.78, 5) is 16.7. The largest absolute Gasteiger partial charge is 0.481 e. The van der Waals surface area contributed by atoms with Crippen molar-refractivity contribution in [3.63, 3.8) is 0 Å². The van der Waals surface area contributed by atoms with Crippen LogP contribution in [0.15, 0.2) is 55.1 Å². The second-order valence-electron chi connectivity index (χ2n) is 11.1. The lowest BCUT2D eigenvalue weighted by atomic mass is 9.87. The topological polar surface area (TPSA) is 85.8 Å². The van der Waals surface area contributed by atoms with Crippen molar-refractivity contribution in [2.45, 2.75) is 38.4 Å². The first-order chi connectivity index (χ1) is 19.1. The minimum atomic E-state index is 0.525. The molecule has 2 bridgehead atoms. The summed E-state index contributed by atoms with van der Waals surface area (Å²) >= 11 is 0. The molecule has 0 spiro atoms. The van der Waals surface area contributed by atoms with Crippen LogP contribution in [0, 0.1) is 17.2 Å². The van der Waals surface area contributed by atoms with Gasteiger partial charge in [0, 0.05) is 74.4 Å². The first-order valence-corrected chi connectivity index (χ1v) is 13.7. The lowest BCUT2D eigenvalue weighted by Crippen LogP contribution is -2.68. The van der Waals surface area contributed by atoms with Gasteiger partial charge in [-0.1, -0.05) is 13.0 Å². The number of rotatable bonds is 6. The molecule has 3 unspecified atom stereocenters. The number of hydrogen-bond acceptors (Lipinski definition) is 8. The van der Waals surface area contributed by atoms with Crippen LogP contribution in [0.3, 0.4) is 0 Å². The number of nitriles is 1. The van der Waals surface area contributed by atoms with E-state index in [1.807, 2.05) is 29.2 Å². The van der Waals surface area contributed by atoms with Crippen LogP contribution in [0.1, 0.15) is 30.9 Å². The van der Waals surface area contributed by atoms with Gasteiger partial charge in [0.1, 0.15) is 11.9 Å². The predicted molar refractivity (Wildman–Crippen MR) is 150 cm³/mol. The Morgan fingerprint density at radius 3 is 2.56 bits per heavy atom. The van der Waals surface area contributed by atoms with Crippen LogP contribution < -0.4 is 14.5 Å². The average Bonchev–Trinajstić information content (AvgIpc) is 3.62. The third-order valence-corrected chi connectivity index (χ3v) is 8.61. The number of methoxy groups -OCH3 is 1. The Morgan fingerprint density at radius 2 is 1.90 bits per heavy atom. The van der Waals surface area contributed by atoms with Crippen LogP contribution >= 0.6 is 0 Å². The molecule has 0 N–H and O–H groups in total. The maximum Gasteiger partial charge on any atom is 0.212 e. The zero-order chi connectivity index (χ0) is 26.5. The van der Waals surface area contributed by atoms with E-state index in [2.05, 4.69) is 62.0 Å². The van der Waals surface area contributed by atoms with Gasteiger partial charge in [-0.3, -0.25) is 4.90 Å². The van der Waals surface area contributed by atoms with E-state index in [1.165, 1.54) is 18.4 Å². The molecule has 0 aromatic carbocycles. The second kappa shape index (κ2) is 9.54. The lowest BCUT2D eigenvalue weighted by molar-refractivity contribution is -0.00876. The molecule has 4 aliphatic rings. The van der Waals surface area contributed by atoms with E-state index in [1.54, 1.807) is 13.3 Å². The van der Waals surface area contributed by atoms with Crippen LogP contribution in [0.5, 0.6) is 5.88 Å². The zero-order valence-corrected chi connectivity index (χ0v) is 22.4. The third kappa shape index (κ3) is 4.25. The van der Waals surface area contributed by atoms with E-state index in [0.717, 1.165) is 60.9 Å². The predicted octanol–water partition coefficient (Wildman–Crippen LogP) is 3.98. The van der Waals surface area contributed by atoms with Gasteiger partial charge in [-0.25, -0.2) is 14.5 Å². The standard InChI is InChI=1S/C30H32N8O/c1-20-7-8-35(15-20)24-10-27(30-23(11-31)14-34-38(30)19-24)22-4-5-28(32-13-22)36-17-25-9-26(18-36)37(25)16-21-3-6-29(39-2)33-12-21/h3-6,10,12-14,19-20,25-26H,7-9,15-18H2,1-2H3. The number of piperazine rings is 1. The molecule has 0 saturated carbocycles. The van der Waals surface area contributed by atoms with Crippen LogP contribution in [0.25, 0.3) is 16.6 Å². The van der Waals surface area contributed by atoms with Gasteiger partial charge >= 0.3 is 0 Å². The summed E-state index contributed by atoms with van der Waals surface area (Å²) in [5, 5.41) is 14.2. The van der Waals surface area contributed by atoms with E-state index in [0.29, 0.717) is 29.4 Å². The molecule has 0 amide bonds. The van der Waals surface area contributed by atoms with Gasteiger partial charge < -0.3 is 14.5 Å². The number of nitrogens with zero attached hydrogens (tertiary/aromatic N) is 8. The molecule has 4 aromatic heterocycles. The summed E-state index contributed by atoms with van der Waals surface area (Å²) in [5.41, 5.74) is 5.79. The highest BCUT2D eigenvalue weighted by atomic mass is 16.5. The Morgan fingerprint density at radius 1 is 1.03 bits per heavy atom. The summed E-state index contributed by atoms with van der Waals surface area (Å²) in [5.74, 6) is 2.34. The number of fused-ring (bicyclic) bond motifs is 3. The van der Waals surface area contributed by atoms with E-state index >= 15 is 0 Å². The van der Waals surface area contributed by atoms with E-state index in [4.69, 9.17) is 9.72 Å². The summed E-state index contributed by atoms with van der Waals surface area (Å²) < 4.78 is 7.04. The van der Waals surface area contributed by atoms with E-state index in [9.17, 15) is 5.26 Å². The number of aromatic nitrogens is 4. The van der Waals surface area contributed by atoms with Gasteiger partial charge in [0.05, 0.1) is 36.3 Å². The first-order valence-electron chi connectivity index (χ1n) is 13.7.